The van der Waals surface area contributed by atoms with E-state index in [1.54, 1.807) is 0 Å². The second-order valence-electron chi connectivity index (χ2n) is 10.0. The van der Waals surface area contributed by atoms with E-state index in [1.165, 1.54) is 51.8 Å². The molecular formula is C25H47NO2Sn. The zero-order chi connectivity index (χ0) is 21.9. The van der Waals surface area contributed by atoms with Crippen LogP contribution < -0.4 is 0 Å². The Morgan fingerprint density at radius 1 is 1.00 bits per heavy atom. The average molecular weight is 512 g/mol. The van der Waals surface area contributed by atoms with Crippen LogP contribution in [0.15, 0.2) is 0 Å². The van der Waals surface area contributed by atoms with Gasteiger partial charge in [-0.25, -0.2) is 0 Å². The van der Waals surface area contributed by atoms with E-state index in [1.807, 2.05) is 25.7 Å². The molecule has 0 unspecified atom stereocenters. The van der Waals surface area contributed by atoms with Crippen molar-refractivity contribution in [1.29, 1.82) is 0 Å². The standard InChI is InChI=1S/C13H20NO2.3C4H9.Sn/c1-6-11-9-7-8-10(2)14(11)12(15)16-13(3,4)5;3*1-3-4-2;/h10-11H,7-9H2,2-5H3;3*1,3-4H2,2H3;/t10-,11-;;;;/m0..../s1. The van der Waals surface area contributed by atoms with E-state index in [0.717, 1.165) is 19.3 Å². The molecule has 0 aliphatic carbocycles. The molecule has 1 aliphatic heterocycles. The molecular weight excluding hydrogens is 465 g/mol. The Labute approximate surface area is 185 Å². The molecule has 0 saturated carbocycles. The molecule has 1 rings (SSSR count). The van der Waals surface area contributed by atoms with Gasteiger partial charge in [0.15, 0.2) is 0 Å². The van der Waals surface area contributed by atoms with Crippen LogP contribution in [0.5, 0.6) is 0 Å². The number of nitrogens with zero attached hydrogens (tertiary/aromatic N) is 1. The Balaban J connectivity index is 3.13. The van der Waals surface area contributed by atoms with Crippen molar-refractivity contribution in [1.82, 2.24) is 4.90 Å². The SMILES string of the molecule is CCC[CH2][Sn]([C]#C[C@H]1CCC[C@H](C)N1C(=O)OC(C)(C)C)([CH2]CCC)[CH2]CCC. The molecule has 0 spiro atoms. The van der Waals surface area contributed by atoms with E-state index in [2.05, 4.69) is 37.6 Å². The molecule has 1 saturated heterocycles. The first-order chi connectivity index (χ1) is 13.7. The van der Waals surface area contributed by atoms with E-state index in [-0.39, 0.29) is 18.2 Å². The van der Waals surface area contributed by atoms with E-state index >= 15 is 0 Å². The number of rotatable bonds is 9. The minimum atomic E-state index is -2.50. The van der Waals surface area contributed by atoms with E-state index in [0.29, 0.717) is 0 Å². The predicted octanol–water partition coefficient (Wildman–Crippen LogP) is 7.56. The molecule has 0 aromatic heterocycles. The Hall–Kier alpha value is -0.371. The van der Waals surface area contributed by atoms with E-state index in [9.17, 15) is 4.79 Å². The fourth-order valence-electron chi connectivity index (χ4n) is 4.30. The molecule has 0 aromatic carbocycles. The number of hydrogen-bond donors (Lipinski definition) is 0. The summed E-state index contributed by atoms with van der Waals surface area (Å²) in [6.07, 6.45) is 10.8. The molecule has 168 valence electrons. The van der Waals surface area contributed by atoms with Crippen molar-refractivity contribution in [2.75, 3.05) is 0 Å². The molecule has 29 heavy (non-hydrogen) atoms. The van der Waals surface area contributed by atoms with Crippen LogP contribution in [0.3, 0.4) is 0 Å². The summed E-state index contributed by atoms with van der Waals surface area (Å²) in [5, 5.41) is 0. The van der Waals surface area contributed by atoms with Gasteiger partial charge in [-0.2, -0.15) is 0 Å². The number of ether oxygens (including phenoxy) is 1. The minimum absolute atomic E-state index is 0.0366. The second kappa shape index (κ2) is 13.1. The van der Waals surface area contributed by atoms with Gasteiger partial charge in [0.25, 0.3) is 0 Å². The zero-order valence-corrected chi connectivity index (χ0v) is 23.3. The summed E-state index contributed by atoms with van der Waals surface area (Å²) in [5.41, 5.74) is -0.460. The van der Waals surface area contributed by atoms with Crippen LogP contribution in [0.2, 0.25) is 13.3 Å². The Morgan fingerprint density at radius 3 is 1.97 bits per heavy atom. The van der Waals surface area contributed by atoms with Gasteiger partial charge in [0.05, 0.1) is 0 Å². The normalized spacial score (nSPS) is 20.2. The van der Waals surface area contributed by atoms with Crippen molar-refractivity contribution < 1.29 is 9.53 Å². The summed E-state index contributed by atoms with van der Waals surface area (Å²) in [5.74, 6) is 3.70. The van der Waals surface area contributed by atoms with E-state index < -0.39 is 24.0 Å². The quantitative estimate of drug-likeness (QED) is 0.236. The van der Waals surface area contributed by atoms with Gasteiger partial charge in [-0.05, 0) is 0 Å². The summed E-state index contributed by atoms with van der Waals surface area (Å²) in [7, 11) is 0. The van der Waals surface area contributed by atoms with Gasteiger partial charge >= 0.3 is 186 Å². The topological polar surface area (TPSA) is 29.5 Å². The third-order valence-corrected chi connectivity index (χ3v) is 19.2. The van der Waals surface area contributed by atoms with Gasteiger partial charge in [-0.1, -0.05) is 0 Å². The van der Waals surface area contributed by atoms with Crippen LogP contribution in [0.25, 0.3) is 0 Å². The molecule has 1 aliphatic rings. The fourth-order valence-corrected chi connectivity index (χ4v) is 17.7. The van der Waals surface area contributed by atoms with Crippen LogP contribution in [0.1, 0.15) is 106 Å². The number of carbonyl (C=O) groups is 1. The first kappa shape index (κ1) is 26.7. The molecule has 4 heteroatoms. The maximum atomic E-state index is 12.9. The molecule has 0 aromatic rings. The maximum absolute atomic E-state index is 12.9. The van der Waals surface area contributed by atoms with Crippen molar-refractivity contribution in [2.45, 2.75) is 137 Å². The number of amides is 1. The third-order valence-electron chi connectivity index (χ3n) is 6.05. The van der Waals surface area contributed by atoms with Gasteiger partial charge in [0.1, 0.15) is 0 Å². The van der Waals surface area contributed by atoms with Crippen LogP contribution in [0, 0.1) is 9.86 Å². The number of unbranched alkanes of at least 4 members (excludes halogenated alkanes) is 3. The second-order valence-corrected chi connectivity index (χ2v) is 22.3. The molecule has 0 radical (unpaired) electrons. The van der Waals surface area contributed by atoms with Crippen molar-refractivity contribution in [3.8, 4) is 9.86 Å². The number of hydrogen-bond acceptors (Lipinski definition) is 2. The molecule has 1 heterocycles. The van der Waals surface area contributed by atoms with Crippen LogP contribution in [0.4, 0.5) is 4.79 Å². The Morgan fingerprint density at radius 2 is 1.52 bits per heavy atom. The van der Waals surface area contributed by atoms with Crippen molar-refractivity contribution >= 4 is 24.5 Å². The molecule has 0 N–H and O–H groups in total. The zero-order valence-electron chi connectivity index (χ0n) is 20.4. The average Bonchev–Trinajstić information content (AvgIpc) is 2.65. The molecule has 0 bridgehead atoms. The summed E-state index contributed by atoms with van der Waals surface area (Å²) >= 11 is -2.50. The number of likely N-dealkylation sites (tertiary alicyclic amines) is 1. The number of carbonyl (C=O) groups excluding carboxylic acids is 1. The van der Waals surface area contributed by atoms with Gasteiger partial charge in [0, 0.05) is 0 Å². The van der Waals surface area contributed by atoms with Crippen LogP contribution >= 0.6 is 0 Å². The van der Waals surface area contributed by atoms with Crippen LogP contribution in [-0.4, -0.2) is 47.1 Å². The summed E-state index contributed by atoms with van der Waals surface area (Å²) in [6.45, 7) is 14.9. The molecule has 1 amide bonds. The van der Waals surface area contributed by atoms with E-state index in [4.69, 9.17) is 4.74 Å². The van der Waals surface area contributed by atoms with Gasteiger partial charge in [-0.15, -0.1) is 0 Å². The molecule has 3 nitrogen and oxygen atoms in total. The van der Waals surface area contributed by atoms with Crippen molar-refractivity contribution in [2.24, 2.45) is 0 Å². The number of piperidine rings is 1. The summed E-state index contributed by atoms with van der Waals surface area (Å²) in [4.78, 5) is 14.9. The van der Waals surface area contributed by atoms with Gasteiger partial charge < -0.3 is 0 Å². The first-order valence-electron chi connectivity index (χ1n) is 12.2. The molecule has 2 atom stereocenters. The predicted molar refractivity (Wildman–Crippen MR) is 128 cm³/mol. The summed E-state index contributed by atoms with van der Waals surface area (Å²) in [6, 6.07) is 0.249. The van der Waals surface area contributed by atoms with Crippen LogP contribution in [-0.2, 0) is 4.74 Å². The Kier molecular flexibility index (Phi) is 12.1. The van der Waals surface area contributed by atoms with Crippen molar-refractivity contribution in [3.63, 3.8) is 0 Å². The Bertz CT molecular complexity index is 521. The first-order valence-corrected chi connectivity index (χ1v) is 19.7. The van der Waals surface area contributed by atoms with Gasteiger partial charge in [0.2, 0.25) is 0 Å². The monoisotopic (exact) mass is 513 g/mol. The fraction of sp³-hybridized carbons (Fsp3) is 0.880. The summed E-state index contributed by atoms with van der Waals surface area (Å²) < 4.78 is 13.9. The molecule has 1 fully saturated rings. The van der Waals surface area contributed by atoms with Crippen molar-refractivity contribution in [3.05, 3.63) is 0 Å². The van der Waals surface area contributed by atoms with Gasteiger partial charge in [-0.3, -0.25) is 0 Å². The third kappa shape index (κ3) is 9.53.